The number of benzene rings is 1. The maximum Gasteiger partial charge on any atom is 0.313 e. The van der Waals surface area contributed by atoms with Gasteiger partial charge in [0.1, 0.15) is 5.75 Å². The van der Waals surface area contributed by atoms with Crippen LogP contribution < -0.4 is 15.4 Å². The Balaban J connectivity index is 1.59. The van der Waals surface area contributed by atoms with Crippen LogP contribution in [-0.4, -0.2) is 68.5 Å². The summed E-state index contributed by atoms with van der Waals surface area (Å²) in [6.07, 6.45) is 0. The zero-order chi connectivity index (χ0) is 20.8. The number of nitrogens with one attached hydrogen (secondary N) is 2. The van der Waals surface area contributed by atoms with Crippen LogP contribution in [0.25, 0.3) is 0 Å². The topological polar surface area (TPSA) is 73.9 Å². The van der Waals surface area contributed by atoms with Gasteiger partial charge in [0.15, 0.2) is 0 Å². The second-order valence-electron chi connectivity index (χ2n) is 6.93. The minimum atomic E-state index is -0.728. The molecule has 2 amide bonds. The highest BCUT2D eigenvalue weighted by Gasteiger charge is 2.25. The van der Waals surface area contributed by atoms with Gasteiger partial charge in [-0.05, 0) is 47.6 Å². The molecule has 1 unspecified atom stereocenters. The van der Waals surface area contributed by atoms with Gasteiger partial charge < -0.3 is 20.3 Å². The zero-order valence-corrected chi connectivity index (χ0v) is 18.1. The molecule has 0 aliphatic carbocycles. The Hall–Kier alpha value is -2.13. The molecule has 9 heteroatoms. The number of carbonyl (C=O) groups excluding carboxylic acids is 2. The van der Waals surface area contributed by atoms with Crippen LogP contribution in [0.15, 0.2) is 35.0 Å². The standard InChI is InChI=1S/C20H25ClN4O3S/c1-24-6-8-25(9-7-24)17(14-5-10-29-13-14)12-22-19(26)20(27)23-15-3-4-18(28-2)16(21)11-15/h3-5,10-11,13,17H,6-9,12H2,1-2H3,(H,22,26)(H,23,27). The quantitative estimate of drug-likeness (QED) is 0.680. The summed E-state index contributed by atoms with van der Waals surface area (Å²) in [5, 5.41) is 9.83. The third-order valence-corrected chi connectivity index (χ3v) is 5.98. The van der Waals surface area contributed by atoms with Gasteiger partial charge in [0.05, 0.1) is 18.2 Å². The summed E-state index contributed by atoms with van der Waals surface area (Å²) in [6.45, 7) is 4.17. The molecule has 7 nitrogen and oxygen atoms in total. The van der Waals surface area contributed by atoms with Gasteiger partial charge in [0.25, 0.3) is 0 Å². The van der Waals surface area contributed by atoms with E-state index >= 15 is 0 Å². The minimum Gasteiger partial charge on any atom is -0.495 e. The number of methoxy groups -OCH3 is 1. The molecule has 29 heavy (non-hydrogen) atoms. The minimum absolute atomic E-state index is 0.0436. The fourth-order valence-corrected chi connectivity index (χ4v) is 4.22. The average Bonchev–Trinajstić information content (AvgIpc) is 3.24. The van der Waals surface area contributed by atoms with Crippen LogP contribution in [0.2, 0.25) is 5.02 Å². The van der Waals surface area contributed by atoms with Gasteiger partial charge in [-0.15, -0.1) is 0 Å². The molecule has 2 N–H and O–H groups in total. The largest absolute Gasteiger partial charge is 0.495 e. The molecule has 1 fully saturated rings. The first-order valence-electron chi connectivity index (χ1n) is 9.35. The number of nitrogens with zero attached hydrogens (tertiary/aromatic N) is 2. The van der Waals surface area contributed by atoms with E-state index in [0.29, 0.717) is 23.0 Å². The van der Waals surface area contributed by atoms with E-state index in [1.54, 1.807) is 29.5 Å². The molecule has 0 saturated carbocycles. The summed E-state index contributed by atoms with van der Waals surface area (Å²) in [5.74, 6) is -0.903. The number of halogens is 1. The monoisotopic (exact) mass is 436 g/mol. The highest BCUT2D eigenvalue weighted by Crippen LogP contribution is 2.27. The molecule has 3 rings (SSSR count). The molecule has 0 spiro atoms. The lowest BCUT2D eigenvalue weighted by Gasteiger charge is -2.37. The summed E-state index contributed by atoms with van der Waals surface area (Å²) in [4.78, 5) is 29.3. The third kappa shape index (κ3) is 5.70. The van der Waals surface area contributed by atoms with Gasteiger partial charge in [0, 0.05) is 38.4 Å². The van der Waals surface area contributed by atoms with Gasteiger partial charge in [-0.2, -0.15) is 11.3 Å². The zero-order valence-electron chi connectivity index (χ0n) is 16.5. The molecule has 1 atom stereocenters. The number of hydrogen-bond acceptors (Lipinski definition) is 6. The number of ether oxygens (including phenoxy) is 1. The second-order valence-corrected chi connectivity index (χ2v) is 8.11. The first-order valence-corrected chi connectivity index (χ1v) is 10.7. The summed E-state index contributed by atoms with van der Waals surface area (Å²) >= 11 is 7.69. The molecule has 0 radical (unpaired) electrons. The fourth-order valence-electron chi connectivity index (χ4n) is 3.26. The van der Waals surface area contributed by atoms with Crippen molar-refractivity contribution in [3.63, 3.8) is 0 Å². The average molecular weight is 437 g/mol. The molecule has 156 valence electrons. The lowest BCUT2D eigenvalue weighted by Crippen LogP contribution is -2.49. The highest BCUT2D eigenvalue weighted by atomic mass is 35.5. The Morgan fingerprint density at radius 2 is 1.97 bits per heavy atom. The molecule has 1 aliphatic heterocycles. The van der Waals surface area contributed by atoms with Gasteiger partial charge in [-0.1, -0.05) is 11.6 Å². The van der Waals surface area contributed by atoms with Gasteiger partial charge in [-0.25, -0.2) is 0 Å². The number of hydrogen-bond donors (Lipinski definition) is 2. The van der Waals surface area contributed by atoms with E-state index in [4.69, 9.17) is 16.3 Å². The summed E-state index contributed by atoms with van der Waals surface area (Å²) in [6, 6.07) is 6.93. The number of piperazine rings is 1. The highest BCUT2D eigenvalue weighted by molar-refractivity contribution is 7.08. The predicted octanol–water partition coefficient (Wildman–Crippen LogP) is 2.45. The van der Waals surface area contributed by atoms with E-state index in [1.165, 1.54) is 7.11 Å². The van der Waals surface area contributed by atoms with Crippen LogP contribution >= 0.6 is 22.9 Å². The van der Waals surface area contributed by atoms with Crippen molar-refractivity contribution in [2.75, 3.05) is 52.2 Å². The Kier molecular flexibility index (Phi) is 7.49. The van der Waals surface area contributed by atoms with E-state index in [-0.39, 0.29) is 6.04 Å². The normalized spacial score (nSPS) is 16.2. The van der Waals surface area contributed by atoms with Crippen molar-refractivity contribution in [3.8, 4) is 5.75 Å². The van der Waals surface area contributed by atoms with Crippen molar-refractivity contribution in [1.29, 1.82) is 0 Å². The van der Waals surface area contributed by atoms with Crippen LogP contribution in [-0.2, 0) is 9.59 Å². The molecular formula is C20H25ClN4O3S. The van der Waals surface area contributed by atoms with Crippen molar-refractivity contribution < 1.29 is 14.3 Å². The van der Waals surface area contributed by atoms with E-state index in [0.717, 1.165) is 31.7 Å². The second kappa shape index (κ2) is 10.1. The van der Waals surface area contributed by atoms with Gasteiger partial charge >= 0.3 is 11.8 Å². The molecule has 1 aliphatic rings. The summed E-state index contributed by atoms with van der Waals surface area (Å²) in [7, 11) is 3.62. The summed E-state index contributed by atoms with van der Waals surface area (Å²) < 4.78 is 5.09. The first-order chi connectivity index (χ1) is 14.0. The SMILES string of the molecule is COc1ccc(NC(=O)C(=O)NCC(c2ccsc2)N2CCN(C)CC2)cc1Cl. The van der Waals surface area contributed by atoms with Crippen LogP contribution in [0.1, 0.15) is 11.6 Å². The Morgan fingerprint density at radius 3 is 2.59 bits per heavy atom. The van der Waals surface area contributed by atoms with E-state index in [2.05, 4.69) is 38.9 Å². The van der Waals surface area contributed by atoms with Crippen LogP contribution in [0.4, 0.5) is 5.69 Å². The number of rotatable bonds is 6. The van der Waals surface area contributed by atoms with Crippen molar-refractivity contribution in [2.24, 2.45) is 0 Å². The maximum absolute atomic E-state index is 12.4. The molecule has 1 aromatic heterocycles. The molecule has 0 bridgehead atoms. The molecular weight excluding hydrogens is 412 g/mol. The van der Waals surface area contributed by atoms with Crippen molar-refractivity contribution in [2.45, 2.75) is 6.04 Å². The smallest absolute Gasteiger partial charge is 0.313 e. The van der Waals surface area contributed by atoms with Crippen LogP contribution in [0.3, 0.4) is 0 Å². The first kappa shape index (κ1) is 21.6. The van der Waals surface area contributed by atoms with Crippen molar-refractivity contribution in [3.05, 3.63) is 45.6 Å². The summed E-state index contributed by atoms with van der Waals surface area (Å²) in [5.41, 5.74) is 1.59. The van der Waals surface area contributed by atoms with E-state index in [9.17, 15) is 9.59 Å². The Bertz CT molecular complexity index is 838. The lowest BCUT2D eigenvalue weighted by atomic mass is 10.1. The van der Waals surface area contributed by atoms with Gasteiger partial charge in [0.2, 0.25) is 0 Å². The molecule has 2 heterocycles. The van der Waals surface area contributed by atoms with Crippen LogP contribution in [0, 0.1) is 0 Å². The van der Waals surface area contributed by atoms with Crippen molar-refractivity contribution >= 4 is 40.4 Å². The Labute approximate surface area is 179 Å². The number of thiophene rings is 1. The number of likely N-dealkylation sites (N-methyl/N-ethyl adjacent to an activating group) is 1. The number of carbonyl (C=O) groups is 2. The Morgan fingerprint density at radius 1 is 1.21 bits per heavy atom. The van der Waals surface area contributed by atoms with E-state index in [1.807, 2.05) is 5.38 Å². The third-order valence-electron chi connectivity index (χ3n) is 4.98. The van der Waals surface area contributed by atoms with Crippen molar-refractivity contribution in [1.82, 2.24) is 15.1 Å². The molecule has 1 saturated heterocycles. The number of amides is 2. The maximum atomic E-state index is 12.4. The number of anilines is 1. The van der Waals surface area contributed by atoms with Crippen LogP contribution in [0.5, 0.6) is 5.75 Å². The molecule has 2 aromatic rings. The van der Waals surface area contributed by atoms with E-state index < -0.39 is 11.8 Å². The lowest BCUT2D eigenvalue weighted by molar-refractivity contribution is -0.136. The van der Waals surface area contributed by atoms with Gasteiger partial charge in [-0.3, -0.25) is 14.5 Å². The fraction of sp³-hybridized carbons (Fsp3) is 0.400. The predicted molar refractivity (Wildman–Crippen MR) is 116 cm³/mol. The molecule has 1 aromatic carbocycles.